The highest BCUT2D eigenvalue weighted by Gasteiger charge is 2.22. The van der Waals surface area contributed by atoms with Crippen LogP contribution in [-0.2, 0) is 11.2 Å². The summed E-state index contributed by atoms with van der Waals surface area (Å²) in [7, 11) is 0. The van der Waals surface area contributed by atoms with Crippen LogP contribution in [-0.4, -0.2) is 16.1 Å². The molecule has 36 heavy (non-hydrogen) atoms. The van der Waals surface area contributed by atoms with Crippen LogP contribution in [0, 0.1) is 5.92 Å². The molecule has 1 N–H and O–H groups in total. The summed E-state index contributed by atoms with van der Waals surface area (Å²) in [4.78, 5) is 15.2. The summed E-state index contributed by atoms with van der Waals surface area (Å²) in [5.41, 5.74) is 5.17. The van der Waals surface area contributed by atoms with Gasteiger partial charge in [-0.05, 0) is 80.4 Å². The van der Waals surface area contributed by atoms with E-state index in [2.05, 4.69) is 49.5 Å². The van der Waals surface area contributed by atoms with Crippen LogP contribution in [0.3, 0.4) is 0 Å². The second-order valence-corrected chi connectivity index (χ2v) is 10.8. The number of hydrogen-bond acceptors (Lipinski definition) is 2. The Kier molecular flexibility index (Phi) is 12.8. The summed E-state index contributed by atoms with van der Waals surface area (Å²) in [5.74, 6) is 0.801. The summed E-state index contributed by atoms with van der Waals surface area (Å²) in [6.07, 6.45) is 25.4. The van der Waals surface area contributed by atoms with E-state index in [0.29, 0.717) is 0 Å². The summed E-state index contributed by atoms with van der Waals surface area (Å²) < 4.78 is 0. The van der Waals surface area contributed by atoms with Crippen molar-refractivity contribution in [3.05, 3.63) is 65.9 Å². The molecule has 0 amide bonds. The predicted octanol–water partition coefficient (Wildman–Crippen LogP) is 9.52. The SMILES string of the molecule is CCCCCc1ccc(-c2ccc(C3CCC(CCCCCCCC/C=C/C(=O)O)CC3)cc2)nc1. The molecule has 3 nitrogen and oxygen atoms in total. The van der Waals surface area contributed by atoms with Crippen LogP contribution >= 0.6 is 0 Å². The molecule has 3 rings (SSSR count). The molecule has 0 aliphatic heterocycles. The smallest absolute Gasteiger partial charge is 0.327 e. The van der Waals surface area contributed by atoms with Crippen molar-refractivity contribution >= 4 is 5.97 Å². The Morgan fingerprint density at radius 2 is 1.61 bits per heavy atom. The maximum atomic E-state index is 10.4. The molecule has 0 bridgehead atoms. The maximum absolute atomic E-state index is 10.4. The van der Waals surface area contributed by atoms with Crippen molar-refractivity contribution in [2.24, 2.45) is 5.92 Å². The average molecular weight is 490 g/mol. The van der Waals surface area contributed by atoms with E-state index in [9.17, 15) is 4.79 Å². The number of rotatable bonds is 16. The molecule has 2 aromatic rings. The van der Waals surface area contributed by atoms with Gasteiger partial charge in [0.2, 0.25) is 0 Å². The molecule has 1 fully saturated rings. The normalized spacial score (nSPS) is 18.0. The number of pyridine rings is 1. The molecule has 1 saturated carbocycles. The fourth-order valence-electron chi connectivity index (χ4n) is 5.62. The standard InChI is InChI=1S/C33H47NO2/c1-2-3-10-14-28-18-25-32(34-26-28)31-23-21-30(22-24-31)29-19-16-27(17-20-29)13-11-8-6-4-5-7-9-12-15-33(35)36/h12,15,18,21-27,29H,2-11,13-14,16-17,19-20H2,1H3,(H,35,36)/b15-12+. The third-order valence-electron chi connectivity index (χ3n) is 7.91. The van der Waals surface area contributed by atoms with E-state index in [1.165, 1.54) is 106 Å². The van der Waals surface area contributed by atoms with Gasteiger partial charge in [-0.2, -0.15) is 0 Å². The van der Waals surface area contributed by atoms with Crippen molar-refractivity contribution in [2.45, 2.75) is 116 Å². The van der Waals surface area contributed by atoms with E-state index in [-0.39, 0.29) is 0 Å². The topological polar surface area (TPSA) is 50.2 Å². The molecule has 196 valence electrons. The van der Waals surface area contributed by atoms with E-state index < -0.39 is 5.97 Å². The Labute approximate surface area is 219 Å². The molecule has 3 heteroatoms. The second kappa shape index (κ2) is 16.3. The van der Waals surface area contributed by atoms with Crippen LogP contribution in [0.15, 0.2) is 54.7 Å². The van der Waals surface area contributed by atoms with Gasteiger partial charge in [0, 0.05) is 17.8 Å². The fourth-order valence-corrected chi connectivity index (χ4v) is 5.62. The number of carbonyl (C=O) groups is 1. The number of allylic oxidation sites excluding steroid dienone is 1. The fraction of sp³-hybridized carbons (Fsp3) is 0.576. The highest BCUT2D eigenvalue weighted by atomic mass is 16.4. The zero-order valence-corrected chi connectivity index (χ0v) is 22.5. The van der Waals surface area contributed by atoms with Crippen LogP contribution in [0.25, 0.3) is 11.3 Å². The monoisotopic (exact) mass is 489 g/mol. The summed E-state index contributed by atoms with van der Waals surface area (Å²) >= 11 is 0. The van der Waals surface area contributed by atoms with Gasteiger partial charge in [0.1, 0.15) is 0 Å². The third kappa shape index (κ3) is 10.3. The molecule has 1 heterocycles. The van der Waals surface area contributed by atoms with Gasteiger partial charge in [-0.15, -0.1) is 0 Å². The molecule has 0 atom stereocenters. The Balaban J connectivity index is 1.29. The molecule has 1 aliphatic rings. The molecule has 0 spiro atoms. The Hall–Kier alpha value is -2.42. The molecular weight excluding hydrogens is 442 g/mol. The number of benzene rings is 1. The van der Waals surface area contributed by atoms with Crippen LogP contribution in [0.5, 0.6) is 0 Å². The van der Waals surface area contributed by atoms with Gasteiger partial charge in [-0.25, -0.2) is 4.79 Å². The first kappa shape index (κ1) is 28.2. The molecule has 1 aromatic heterocycles. The molecule has 1 aromatic carbocycles. The van der Waals surface area contributed by atoms with Gasteiger partial charge in [0.25, 0.3) is 0 Å². The summed E-state index contributed by atoms with van der Waals surface area (Å²) in [6.45, 7) is 2.25. The minimum Gasteiger partial charge on any atom is -0.478 e. The van der Waals surface area contributed by atoms with Crippen molar-refractivity contribution in [1.29, 1.82) is 0 Å². The zero-order valence-electron chi connectivity index (χ0n) is 22.5. The van der Waals surface area contributed by atoms with Crippen LogP contribution in [0.4, 0.5) is 0 Å². The minimum absolute atomic E-state index is 0.722. The first-order chi connectivity index (χ1) is 17.7. The lowest BCUT2D eigenvalue weighted by Gasteiger charge is -2.29. The van der Waals surface area contributed by atoms with E-state index >= 15 is 0 Å². The minimum atomic E-state index is -0.839. The van der Waals surface area contributed by atoms with E-state index in [4.69, 9.17) is 10.1 Å². The lowest BCUT2D eigenvalue weighted by Crippen LogP contribution is -2.13. The van der Waals surface area contributed by atoms with Crippen molar-refractivity contribution in [3.8, 4) is 11.3 Å². The molecule has 1 aliphatic carbocycles. The largest absolute Gasteiger partial charge is 0.478 e. The van der Waals surface area contributed by atoms with E-state index in [0.717, 1.165) is 36.8 Å². The van der Waals surface area contributed by atoms with Crippen molar-refractivity contribution in [3.63, 3.8) is 0 Å². The maximum Gasteiger partial charge on any atom is 0.327 e. The van der Waals surface area contributed by atoms with Crippen LogP contribution in [0.2, 0.25) is 0 Å². The number of aliphatic carboxylic acids is 1. The van der Waals surface area contributed by atoms with E-state index in [1.807, 2.05) is 0 Å². The first-order valence-corrected chi connectivity index (χ1v) is 14.6. The van der Waals surface area contributed by atoms with Gasteiger partial charge in [-0.3, -0.25) is 4.98 Å². The van der Waals surface area contributed by atoms with E-state index in [1.54, 1.807) is 6.08 Å². The predicted molar refractivity (Wildman–Crippen MR) is 151 cm³/mol. The number of aromatic nitrogens is 1. The highest BCUT2D eigenvalue weighted by Crippen LogP contribution is 2.38. The first-order valence-electron chi connectivity index (χ1n) is 14.6. The Bertz CT molecular complexity index is 892. The summed E-state index contributed by atoms with van der Waals surface area (Å²) in [5, 5.41) is 8.58. The van der Waals surface area contributed by atoms with Gasteiger partial charge < -0.3 is 5.11 Å². The average Bonchev–Trinajstić information content (AvgIpc) is 2.91. The van der Waals surface area contributed by atoms with Gasteiger partial charge >= 0.3 is 5.97 Å². The van der Waals surface area contributed by atoms with Crippen molar-refractivity contribution in [1.82, 2.24) is 4.98 Å². The number of carboxylic acid groups (broad SMARTS) is 1. The number of aryl methyl sites for hydroxylation is 1. The molecule has 0 saturated heterocycles. The Morgan fingerprint density at radius 3 is 2.28 bits per heavy atom. The number of unbranched alkanes of at least 4 members (excludes halogenated alkanes) is 8. The summed E-state index contributed by atoms with van der Waals surface area (Å²) in [6, 6.07) is 13.6. The molecule has 0 radical (unpaired) electrons. The Morgan fingerprint density at radius 1 is 0.889 bits per heavy atom. The van der Waals surface area contributed by atoms with Gasteiger partial charge in [-0.1, -0.05) is 94.7 Å². The quantitative estimate of drug-likeness (QED) is 0.189. The number of hydrogen-bond donors (Lipinski definition) is 1. The van der Waals surface area contributed by atoms with Crippen molar-refractivity contribution in [2.75, 3.05) is 0 Å². The van der Waals surface area contributed by atoms with Crippen LogP contribution < -0.4 is 0 Å². The zero-order chi connectivity index (χ0) is 25.4. The lowest BCUT2D eigenvalue weighted by atomic mass is 9.77. The van der Waals surface area contributed by atoms with Gasteiger partial charge in [0.05, 0.1) is 5.69 Å². The lowest BCUT2D eigenvalue weighted by molar-refractivity contribution is -0.131. The third-order valence-corrected chi connectivity index (χ3v) is 7.91. The highest BCUT2D eigenvalue weighted by molar-refractivity contribution is 5.79. The number of carboxylic acids is 1. The second-order valence-electron chi connectivity index (χ2n) is 10.8. The van der Waals surface area contributed by atoms with Crippen LogP contribution in [0.1, 0.15) is 120 Å². The number of nitrogens with zero attached hydrogens (tertiary/aromatic N) is 1. The molecular formula is C33H47NO2. The van der Waals surface area contributed by atoms with Gasteiger partial charge in [0.15, 0.2) is 0 Å². The molecule has 0 unspecified atom stereocenters. The van der Waals surface area contributed by atoms with Crippen molar-refractivity contribution < 1.29 is 9.90 Å².